The largest absolute Gasteiger partial charge is 0.397 e. The van der Waals surface area contributed by atoms with Gasteiger partial charge in [-0.05, 0) is 25.5 Å². The van der Waals surface area contributed by atoms with Crippen LogP contribution in [0.2, 0.25) is 0 Å². The highest BCUT2D eigenvalue weighted by Crippen LogP contribution is 2.17. The minimum atomic E-state index is -0.362. The molecule has 78 valence electrons. The van der Waals surface area contributed by atoms with Gasteiger partial charge >= 0.3 is 0 Å². The van der Waals surface area contributed by atoms with Crippen LogP contribution in [0.5, 0.6) is 0 Å². The Balaban J connectivity index is 2.84. The summed E-state index contributed by atoms with van der Waals surface area (Å²) in [5.74, 6) is 0.861. The monoisotopic (exact) mass is 195 g/mol. The molecule has 1 aromatic heterocycles. The van der Waals surface area contributed by atoms with Gasteiger partial charge in [-0.15, -0.1) is 0 Å². The first-order valence-electron chi connectivity index (χ1n) is 4.62. The Morgan fingerprint density at radius 3 is 2.79 bits per heavy atom. The molecule has 0 aliphatic carbocycles. The lowest BCUT2D eigenvalue weighted by atomic mass is 10.2. The van der Waals surface area contributed by atoms with Crippen molar-refractivity contribution < 1.29 is 5.11 Å². The van der Waals surface area contributed by atoms with Crippen LogP contribution in [0.3, 0.4) is 0 Å². The van der Waals surface area contributed by atoms with Crippen LogP contribution in [-0.4, -0.2) is 29.8 Å². The quantitative estimate of drug-likeness (QED) is 0.748. The van der Waals surface area contributed by atoms with Crippen LogP contribution in [-0.2, 0) is 0 Å². The summed E-state index contributed by atoms with van der Waals surface area (Å²) in [6.07, 6.45) is 1.26. The number of aromatic nitrogens is 1. The van der Waals surface area contributed by atoms with Gasteiger partial charge in [0.2, 0.25) is 0 Å². The molecular weight excluding hydrogens is 178 g/mol. The first-order chi connectivity index (χ1) is 6.50. The van der Waals surface area contributed by atoms with Crippen molar-refractivity contribution in [3.05, 3.63) is 17.8 Å². The summed E-state index contributed by atoms with van der Waals surface area (Å²) in [5, 5.41) is 9.24. The van der Waals surface area contributed by atoms with Crippen LogP contribution in [0, 0.1) is 6.92 Å². The number of anilines is 2. The molecule has 0 amide bonds. The molecule has 4 heteroatoms. The maximum atomic E-state index is 9.24. The zero-order valence-electron chi connectivity index (χ0n) is 8.86. The number of hydrogen-bond donors (Lipinski definition) is 2. The number of aliphatic hydroxyl groups is 1. The van der Waals surface area contributed by atoms with Gasteiger partial charge in [-0.3, -0.25) is 0 Å². The van der Waals surface area contributed by atoms with Crippen LogP contribution < -0.4 is 10.6 Å². The van der Waals surface area contributed by atoms with E-state index < -0.39 is 0 Å². The molecule has 1 rings (SSSR count). The Morgan fingerprint density at radius 2 is 2.29 bits per heavy atom. The summed E-state index contributed by atoms with van der Waals surface area (Å²) in [6, 6.07) is 1.88. The highest BCUT2D eigenvalue weighted by atomic mass is 16.3. The van der Waals surface area contributed by atoms with Crippen molar-refractivity contribution in [2.45, 2.75) is 20.0 Å². The molecule has 0 bridgehead atoms. The third-order valence-electron chi connectivity index (χ3n) is 1.97. The van der Waals surface area contributed by atoms with E-state index in [2.05, 4.69) is 4.98 Å². The number of nitrogens with two attached hydrogens (primary N) is 1. The van der Waals surface area contributed by atoms with E-state index >= 15 is 0 Å². The van der Waals surface area contributed by atoms with Crippen molar-refractivity contribution in [1.29, 1.82) is 0 Å². The number of likely N-dealkylation sites (N-methyl/N-ethyl adjacent to an activating group) is 1. The van der Waals surface area contributed by atoms with Gasteiger partial charge in [0.15, 0.2) is 0 Å². The first kappa shape index (κ1) is 10.8. The number of rotatable bonds is 3. The van der Waals surface area contributed by atoms with Crippen molar-refractivity contribution in [2.75, 3.05) is 24.2 Å². The first-order valence-corrected chi connectivity index (χ1v) is 4.62. The number of hydrogen-bond acceptors (Lipinski definition) is 4. The van der Waals surface area contributed by atoms with E-state index in [1.54, 1.807) is 13.1 Å². The van der Waals surface area contributed by atoms with Crippen LogP contribution in [0.1, 0.15) is 12.5 Å². The molecule has 0 spiro atoms. The zero-order valence-corrected chi connectivity index (χ0v) is 8.86. The van der Waals surface area contributed by atoms with Gasteiger partial charge in [0, 0.05) is 13.6 Å². The van der Waals surface area contributed by atoms with E-state index in [1.807, 2.05) is 24.9 Å². The Bertz CT molecular complexity index is 312. The maximum absolute atomic E-state index is 9.24. The molecule has 0 saturated carbocycles. The van der Waals surface area contributed by atoms with Crippen molar-refractivity contribution in [3.8, 4) is 0 Å². The molecule has 0 saturated heterocycles. The molecule has 1 unspecified atom stereocenters. The van der Waals surface area contributed by atoms with E-state index in [1.165, 1.54) is 0 Å². The van der Waals surface area contributed by atoms with Gasteiger partial charge in [0.1, 0.15) is 5.82 Å². The molecule has 3 N–H and O–H groups in total. The van der Waals surface area contributed by atoms with E-state index in [9.17, 15) is 5.11 Å². The third kappa shape index (κ3) is 2.60. The lowest BCUT2D eigenvalue weighted by Gasteiger charge is -2.21. The second-order valence-corrected chi connectivity index (χ2v) is 3.64. The Morgan fingerprint density at radius 1 is 1.64 bits per heavy atom. The highest BCUT2D eigenvalue weighted by Gasteiger charge is 2.08. The van der Waals surface area contributed by atoms with E-state index in [0.717, 1.165) is 11.4 Å². The van der Waals surface area contributed by atoms with Gasteiger partial charge in [-0.25, -0.2) is 4.98 Å². The molecule has 0 aromatic carbocycles. The van der Waals surface area contributed by atoms with Crippen molar-refractivity contribution >= 4 is 11.5 Å². The Labute approximate surface area is 84.4 Å². The average molecular weight is 195 g/mol. The van der Waals surface area contributed by atoms with Gasteiger partial charge < -0.3 is 15.7 Å². The van der Waals surface area contributed by atoms with E-state index in [4.69, 9.17) is 5.73 Å². The van der Waals surface area contributed by atoms with Gasteiger partial charge in [0.05, 0.1) is 18.0 Å². The lowest BCUT2D eigenvalue weighted by molar-refractivity contribution is 0.201. The summed E-state index contributed by atoms with van der Waals surface area (Å²) in [4.78, 5) is 6.14. The minimum Gasteiger partial charge on any atom is -0.397 e. The lowest BCUT2D eigenvalue weighted by Crippen LogP contribution is -2.28. The molecule has 0 aliphatic heterocycles. The standard InChI is InChI=1S/C10H17N3O/c1-7-4-9(11)5-12-10(7)13(3)6-8(2)14/h4-5,8,14H,6,11H2,1-3H3. The second kappa shape index (κ2) is 4.28. The molecule has 4 nitrogen and oxygen atoms in total. The van der Waals surface area contributed by atoms with Crippen LogP contribution in [0.15, 0.2) is 12.3 Å². The number of aryl methyl sites for hydroxylation is 1. The molecule has 1 aromatic rings. The fraction of sp³-hybridized carbons (Fsp3) is 0.500. The number of pyridine rings is 1. The van der Waals surface area contributed by atoms with Crippen LogP contribution >= 0.6 is 0 Å². The average Bonchev–Trinajstić information content (AvgIpc) is 2.01. The van der Waals surface area contributed by atoms with E-state index in [-0.39, 0.29) is 6.10 Å². The van der Waals surface area contributed by atoms with Crippen LogP contribution in [0.4, 0.5) is 11.5 Å². The Kier molecular flexibility index (Phi) is 3.30. The number of nitrogens with zero attached hydrogens (tertiary/aromatic N) is 2. The van der Waals surface area contributed by atoms with Crippen molar-refractivity contribution in [2.24, 2.45) is 0 Å². The SMILES string of the molecule is Cc1cc(N)cnc1N(C)CC(C)O. The molecule has 1 atom stereocenters. The topological polar surface area (TPSA) is 62.4 Å². The number of nitrogen functional groups attached to an aromatic ring is 1. The molecule has 0 aliphatic rings. The molecule has 0 fully saturated rings. The minimum absolute atomic E-state index is 0.362. The predicted molar refractivity (Wildman–Crippen MR) is 58.3 cm³/mol. The van der Waals surface area contributed by atoms with Crippen molar-refractivity contribution in [3.63, 3.8) is 0 Å². The van der Waals surface area contributed by atoms with Gasteiger partial charge in [-0.2, -0.15) is 0 Å². The summed E-state index contributed by atoms with van der Waals surface area (Å²) < 4.78 is 0. The fourth-order valence-electron chi connectivity index (χ4n) is 1.47. The van der Waals surface area contributed by atoms with Gasteiger partial charge in [0.25, 0.3) is 0 Å². The highest BCUT2D eigenvalue weighted by molar-refractivity contribution is 5.52. The molecule has 14 heavy (non-hydrogen) atoms. The van der Waals surface area contributed by atoms with Crippen LogP contribution in [0.25, 0.3) is 0 Å². The van der Waals surface area contributed by atoms with Gasteiger partial charge in [-0.1, -0.05) is 0 Å². The second-order valence-electron chi connectivity index (χ2n) is 3.64. The molecule has 0 radical (unpaired) electrons. The fourth-order valence-corrected chi connectivity index (χ4v) is 1.47. The molecule has 1 heterocycles. The molecular formula is C10H17N3O. The Hall–Kier alpha value is -1.29. The van der Waals surface area contributed by atoms with Crippen molar-refractivity contribution in [1.82, 2.24) is 4.98 Å². The zero-order chi connectivity index (χ0) is 10.7. The normalized spacial score (nSPS) is 12.6. The number of aliphatic hydroxyl groups excluding tert-OH is 1. The predicted octanol–water partition coefficient (Wildman–Crippen LogP) is 0.789. The summed E-state index contributed by atoms with van der Waals surface area (Å²) in [7, 11) is 1.90. The maximum Gasteiger partial charge on any atom is 0.131 e. The summed E-state index contributed by atoms with van der Waals surface area (Å²) >= 11 is 0. The smallest absolute Gasteiger partial charge is 0.131 e. The van der Waals surface area contributed by atoms with E-state index in [0.29, 0.717) is 12.2 Å². The third-order valence-corrected chi connectivity index (χ3v) is 1.97. The summed E-state index contributed by atoms with van der Waals surface area (Å²) in [5.41, 5.74) is 7.28. The summed E-state index contributed by atoms with van der Waals surface area (Å²) in [6.45, 7) is 4.28.